The minimum atomic E-state index is 0.864. The molecule has 2 aliphatic rings. The van der Waals surface area contributed by atoms with Gasteiger partial charge in [0.2, 0.25) is 0 Å². The minimum absolute atomic E-state index is 0.864. The zero-order chi connectivity index (χ0) is 14.7. The fourth-order valence-electron chi connectivity index (χ4n) is 2.97. The second-order valence-corrected chi connectivity index (χ2v) is 5.78. The maximum absolute atomic E-state index is 9.25. The molecule has 0 saturated carbocycles. The molecule has 3 nitrogen and oxygen atoms in total. The predicted molar refractivity (Wildman–Crippen MR) is 87.1 cm³/mol. The Balaban J connectivity index is 1.80. The number of benzene rings is 1. The van der Waals surface area contributed by atoms with Crippen LogP contribution in [-0.2, 0) is 0 Å². The number of anilines is 1. The summed E-state index contributed by atoms with van der Waals surface area (Å²) in [6.45, 7) is 4.41. The third kappa shape index (κ3) is 3.01. The van der Waals surface area contributed by atoms with Gasteiger partial charge >= 0.3 is 0 Å². The van der Waals surface area contributed by atoms with Crippen LogP contribution in [0.1, 0.15) is 18.4 Å². The Morgan fingerprint density at radius 1 is 1.05 bits per heavy atom. The molecule has 1 aromatic rings. The van der Waals surface area contributed by atoms with E-state index in [0.29, 0.717) is 0 Å². The summed E-state index contributed by atoms with van der Waals surface area (Å²) < 4.78 is 0. The average Bonchev–Trinajstić information content (AvgIpc) is 2.56. The molecule has 3 rings (SSSR count). The van der Waals surface area contributed by atoms with Crippen molar-refractivity contribution in [2.24, 2.45) is 0 Å². The molecule has 1 fully saturated rings. The molecule has 1 saturated heterocycles. The van der Waals surface area contributed by atoms with E-state index in [-0.39, 0.29) is 0 Å². The lowest BCUT2D eigenvalue weighted by Gasteiger charge is -2.34. The van der Waals surface area contributed by atoms with Gasteiger partial charge in [-0.15, -0.1) is 0 Å². The summed E-state index contributed by atoms with van der Waals surface area (Å²) in [6, 6.07) is 11.0. The van der Waals surface area contributed by atoms with E-state index in [2.05, 4.69) is 59.3 Å². The summed E-state index contributed by atoms with van der Waals surface area (Å²) in [5.41, 5.74) is 4.43. The quantitative estimate of drug-likeness (QED) is 0.833. The van der Waals surface area contributed by atoms with E-state index >= 15 is 0 Å². The van der Waals surface area contributed by atoms with Gasteiger partial charge in [0.15, 0.2) is 0 Å². The van der Waals surface area contributed by atoms with Crippen molar-refractivity contribution in [3.63, 3.8) is 0 Å². The van der Waals surface area contributed by atoms with Crippen molar-refractivity contribution in [1.82, 2.24) is 4.90 Å². The second-order valence-electron chi connectivity index (χ2n) is 5.78. The summed E-state index contributed by atoms with van der Waals surface area (Å²) in [6.07, 6.45) is 6.09. The molecule has 0 atom stereocenters. The first-order valence-corrected chi connectivity index (χ1v) is 7.61. The number of nitrogens with zero attached hydrogens (tertiary/aromatic N) is 3. The van der Waals surface area contributed by atoms with E-state index in [4.69, 9.17) is 0 Å². The van der Waals surface area contributed by atoms with E-state index in [1.807, 2.05) is 0 Å². The molecule has 108 valence electrons. The number of nitriles is 1. The van der Waals surface area contributed by atoms with Crippen molar-refractivity contribution in [2.75, 3.05) is 38.1 Å². The number of hydrogen-bond acceptors (Lipinski definition) is 3. The van der Waals surface area contributed by atoms with Crippen LogP contribution in [0.3, 0.4) is 0 Å². The summed E-state index contributed by atoms with van der Waals surface area (Å²) in [7, 11) is 2.17. The highest BCUT2D eigenvalue weighted by Gasteiger charge is 2.15. The Morgan fingerprint density at radius 2 is 1.76 bits per heavy atom. The summed E-state index contributed by atoms with van der Waals surface area (Å²) in [5.74, 6) is 0. The normalized spacial score (nSPS) is 19.7. The van der Waals surface area contributed by atoms with Crippen molar-refractivity contribution in [1.29, 1.82) is 5.26 Å². The van der Waals surface area contributed by atoms with Gasteiger partial charge in [-0.2, -0.15) is 5.26 Å². The fraction of sp³-hybridized carbons (Fsp3) is 0.389. The number of rotatable bonds is 2. The summed E-state index contributed by atoms with van der Waals surface area (Å²) in [4.78, 5) is 4.79. The zero-order valence-electron chi connectivity index (χ0n) is 12.5. The third-order valence-electron chi connectivity index (χ3n) is 4.35. The van der Waals surface area contributed by atoms with Crippen molar-refractivity contribution in [3.8, 4) is 6.07 Å². The van der Waals surface area contributed by atoms with Gasteiger partial charge in [-0.05, 0) is 43.2 Å². The standard InChI is InChI=1S/C18H21N3/c1-20-10-12-21(13-11-20)17-8-6-15(7-9-17)18-5-3-2-4-16(18)14-19/h3,5-9H,2,4,10-13H2,1H3. The number of piperazine rings is 1. The molecule has 1 heterocycles. The smallest absolute Gasteiger partial charge is 0.0953 e. The van der Waals surface area contributed by atoms with Crippen molar-refractivity contribution < 1.29 is 0 Å². The van der Waals surface area contributed by atoms with Crippen LogP contribution in [0.4, 0.5) is 5.69 Å². The number of hydrogen-bond donors (Lipinski definition) is 0. The zero-order valence-corrected chi connectivity index (χ0v) is 12.5. The molecule has 21 heavy (non-hydrogen) atoms. The van der Waals surface area contributed by atoms with E-state index in [1.54, 1.807) is 0 Å². The van der Waals surface area contributed by atoms with Gasteiger partial charge in [-0.3, -0.25) is 0 Å². The Bertz CT molecular complexity index is 596. The Labute approximate surface area is 126 Å². The van der Waals surface area contributed by atoms with Gasteiger partial charge < -0.3 is 9.80 Å². The molecular weight excluding hydrogens is 258 g/mol. The van der Waals surface area contributed by atoms with Crippen LogP contribution < -0.4 is 4.90 Å². The molecule has 0 bridgehead atoms. The first kappa shape index (κ1) is 13.9. The molecule has 1 aliphatic carbocycles. The highest BCUT2D eigenvalue weighted by atomic mass is 15.2. The van der Waals surface area contributed by atoms with Gasteiger partial charge in [0.25, 0.3) is 0 Å². The van der Waals surface area contributed by atoms with Crippen molar-refractivity contribution in [3.05, 3.63) is 47.6 Å². The maximum atomic E-state index is 9.25. The molecule has 0 N–H and O–H groups in total. The van der Waals surface area contributed by atoms with Crippen LogP contribution in [-0.4, -0.2) is 38.1 Å². The molecule has 0 aromatic heterocycles. The van der Waals surface area contributed by atoms with Crippen molar-refractivity contribution >= 4 is 11.3 Å². The topological polar surface area (TPSA) is 30.3 Å². The lowest BCUT2D eigenvalue weighted by atomic mass is 9.93. The Morgan fingerprint density at radius 3 is 2.43 bits per heavy atom. The first-order chi connectivity index (χ1) is 10.3. The molecule has 1 aromatic carbocycles. The van der Waals surface area contributed by atoms with Gasteiger partial charge in [0.1, 0.15) is 0 Å². The molecule has 1 aliphatic heterocycles. The van der Waals surface area contributed by atoms with Gasteiger partial charge in [-0.25, -0.2) is 0 Å². The van der Waals surface area contributed by atoms with Crippen LogP contribution in [0, 0.1) is 11.3 Å². The van der Waals surface area contributed by atoms with Crippen LogP contribution >= 0.6 is 0 Å². The van der Waals surface area contributed by atoms with Gasteiger partial charge in [-0.1, -0.05) is 24.3 Å². The van der Waals surface area contributed by atoms with Gasteiger partial charge in [0, 0.05) is 37.4 Å². The molecule has 0 radical (unpaired) electrons. The van der Waals surface area contributed by atoms with Gasteiger partial charge in [0.05, 0.1) is 6.07 Å². The Hall–Kier alpha value is -2.05. The molecular formula is C18H21N3. The highest BCUT2D eigenvalue weighted by Crippen LogP contribution is 2.28. The van der Waals surface area contributed by atoms with Crippen molar-refractivity contribution in [2.45, 2.75) is 12.8 Å². The van der Waals surface area contributed by atoms with Crippen LogP contribution in [0.15, 0.2) is 42.0 Å². The van der Waals surface area contributed by atoms with E-state index < -0.39 is 0 Å². The maximum Gasteiger partial charge on any atom is 0.0953 e. The second kappa shape index (κ2) is 6.15. The molecule has 3 heteroatoms. The first-order valence-electron chi connectivity index (χ1n) is 7.61. The van der Waals surface area contributed by atoms with Crippen LogP contribution in [0.5, 0.6) is 0 Å². The largest absolute Gasteiger partial charge is 0.369 e. The fourth-order valence-corrected chi connectivity index (χ4v) is 2.97. The minimum Gasteiger partial charge on any atom is -0.369 e. The lowest BCUT2D eigenvalue weighted by Crippen LogP contribution is -2.44. The number of likely N-dealkylation sites (N-methyl/N-ethyl adjacent to an activating group) is 1. The third-order valence-corrected chi connectivity index (χ3v) is 4.35. The number of allylic oxidation sites excluding steroid dienone is 4. The Kier molecular flexibility index (Phi) is 4.08. The van der Waals surface area contributed by atoms with Crippen LogP contribution in [0.25, 0.3) is 5.57 Å². The monoisotopic (exact) mass is 279 g/mol. The summed E-state index contributed by atoms with van der Waals surface area (Å²) >= 11 is 0. The van der Waals surface area contributed by atoms with E-state index in [1.165, 1.54) is 5.69 Å². The van der Waals surface area contributed by atoms with E-state index in [9.17, 15) is 5.26 Å². The molecule has 0 spiro atoms. The predicted octanol–water partition coefficient (Wildman–Crippen LogP) is 3.07. The molecule has 0 amide bonds. The highest BCUT2D eigenvalue weighted by molar-refractivity contribution is 5.80. The van der Waals surface area contributed by atoms with Crippen LogP contribution in [0.2, 0.25) is 0 Å². The lowest BCUT2D eigenvalue weighted by molar-refractivity contribution is 0.313. The van der Waals surface area contributed by atoms with E-state index in [0.717, 1.165) is 55.7 Å². The summed E-state index contributed by atoms with van der Waals surface area (Å²) in [5, 5.41) is 9.25. The average molecular weight is 279 g/mol. The SMILES string of the molecule is CN1CCN(c2ccc(C3=C(C#N)CCC=C3)cc2)CC1. The molecule has 0 unspecified atom stereocenters.